The van der Waals surface area contributed by atoms with Gasteiger partial charge >= 0.3 is 0 Å². The van der Waals surface area contributed by atoms with E-state index in [-0.39, 0.29) is 12.5 Å². The quantitative estimate of drug-likeness (QED) is 0.120. The minimum absolute atomic E-state index is 0.0734. The monoisotopic (exact) mass is 487 g/mol. The van der Waals surface area contributed by atoms with Crippen molar-refractivity contribution in [1.29, 1.82) is 0 Å². The van der Waals surface area contributed by atoms with E-state index < -0.39 is 72.3 Å². The second-order valence-corrected chi connectivity index (χ2v) is 8.29. The number of hydrogen-bond acceptors (Lipinski definition) is 8. The van der Waals surface area contributed by atoms with Crippen LogP contribution >= 0.6 is 0 Å². The first kappa shape index (κ1) is 30.7. The highest BCUT2D eigenvalue weighted by Gasteiger charge is 2.28. The summed E-state index contributed by atoms with van der Waals surface area (Å²) in [5.74, 6) is -4.16. The maximum absolute atomic E-state index is 12.5. The molecule has 194 valence electrons. The molecule has 0 aliphatic rings. The topological polar surface area (TPSA) is 235 Å². The van der Waals surface area contributed by atoms with Crippen LogP contribution in [-0.4, -0.2) is 83.9 Å². The lowest BCUT2D eigenvalue weighted by atomic mass is 10.0. The number of nitrogens with two attached hydrogens (primary N) is 2. The van der Waals surface area contributed by atoms with Gasteiger partial charge in [-0.05, 0) is 33.1 Å². The molecule has 0 aromatic heterocycles. The molecule has 0 radical (unpaired) electrons. The predicted octanol–water partition coefficient (Wildman–Crippen LogP) is -4.05. The lowest BCUT2D eigenvalue weighted by molar-refractivity contribution is -0.135. The van der Waals surface area contributed by atoms with Crippen molar-refractivity contribution in [3.8, 4) is 0 Å². The Kier molecular flexibility index (Phi) is 13.4. The smallest absolute Gasteiger partial charge is 0.245 e. The van der Waals surface area contributed by atoms with Gasteiger partial charge in [-0.2, -0.15) is 0 Å². The molecule has 0 heterocycles. The van der Waals surface area contributed by atoms with Gasteiger partial charge in [0.25, 0.3) is 0 Å². The minimum Gasteiger partial charge on any atom is -0.394 e. The molecule has 0 saturated heterocycles. The summed E-state index contributed by atoms with van der Waals surface area (Å²) in [5.41, 5.74) is 10.3. The molecule has 34 heavy (non-hydrogen) atoms. The third kappa shape index (κ3) is 11.0. The van der Waals surface area contributed by atoms with Crippen LogP contribution < -0.4 is 38.1 Å². The Morgan fingerprint density at radius 1 is 0.676 bits per heavy atom. The van der Waals surface area contributed by atoms with Gasteiger partial charge in [0.2, 0.25) is 35.4 Å². The molecule has 0 saturated carbocycles. The largest absolute Gasteiger partial charge is 0.394 e. The summed E-state index contributed by atoms with van der Waals surface area (Å²) in [7, 11) is 0. The van der Waals surface area contributed by atoms with Crippen molar-refractivity contribution in [1.82, 2.24) is 26.6 Å². The number of aliphatic hydroxyl groups excluding tert-OH is 1. The van der Waals surface area contributed by atoms with Crippen LogP contribution in [0.4, 0.5) is 0 Å². The van der Waals surface area contributed by atoms with Crippen molar-refractivity contribution in [2.24, 2.45) is 17.4 Å². The molecule has 6 amide bonds. The van der Waals surface area contributed by atoms with Gasteiger partial charge in [-0.1, -0.05) is 13.8 Å². The van der Waals surface area contributed by atoms with E-state index in [2.05, 4.69) is 26.6 Å². The van der Waals surface area contributed by atoms with E-state index in [9.17, 15) is 33.9 Å². The zero-order chi connectivity index (χ0) is 26.6. The number of aliphatic hydroxyl groups is 1. The number of rotatable bonds is 14. The highest BCUT2D eigenvalue weighted by atomic mass is 16.3. The van der Waals surface area contributed by atoms with Gasteiger partial charge in [-0.3, -0.25) is 28.8 Å². The minimum atomic E-state index is -1.38. The van der Waals surface area contributed by atoms with Crippen molar-refractivity contribution >= 4 is 35.4 Å². The number of hydrogen-bond donors (Lipinski definition) is 8. The molecule has 10 N–H and O–H groups in total. The van der Waals surface area contributed by atoms with Crippen LogP contribution in [-0.2, 0) is 28.8 Å². The molecule has 0 rings (SSSR count). The second kappa shape index (κ2) is 14.8. The second-order valence-electron chi connectivity index (χ2n) is 8.29. The third-order valence-electron chi connectivity index (χ3n) is 4.65. The fraction of sp³-hybridized carbons (Fsp3) is 0.700. The van der Waals surface area contributed by atoms with Crippen LogP contribution in [0.1, 0.15) is 41.0 Å². The van der Waals surface area contributed by atoms with Gasteiger partial charge in [0.05, 0.1) is 13.2 Å². The van der Waals surface area contributed by atoms with Gasteiger partial charge < -0.3 is 43.2 Å². The van der Waals surface area contributed by atoms with Crippen LogP contribution in [0.15, 0.2) is 0 Å². The maximum atomic E-state index is 12.5. The van der Waals surface area contributed by atoms with E-state index in [0.717, 1.165) is 0 Å². The summed E-state index contributed by atoms with van der Waals surface area (Å²) < 4.78 is 0. The predicted molar refractivity (Wildman–Crippen MR) is 121 cm³/mol. The number of primary amides is 1. The molecule has 0 fully saturated rings. The Hall–Kier alpha value is -3.26. The van der Waals surface area contributed by atoms with Gasteiger partial charge in [-0.25, -0.2) is 0 Å². The van der Waals surface area contributed by atoms with Crippen LogP contribution in [0, 0.1) is 5.92 Å². The van der Waals surface area contributed by atoms with E-state index in [1.54, 1.807) is 0 Å². The summed E-state index contributed by atoms with van der Waals surface area (Å²) in [6, 6.07) is -5.48. The Labute approximate surface area is 198 Å². The van der Waals surface area contributed by atoms with Crippen LogP contribution in [0.5, 0.6) is 0 Å². The molecule has 5 atom stereocenters. The van der Waals surface area contributed by atoms with Crippen LogP contribution in [0.25, 0.3) is 0 Å². The third-order valence-corrected chi connectivity index (χ3v) is 4.65. The van der Waals surface area contributed by atoms with Gasteiger partial charge in [0.15, 0.2) is 0 Å². The zero-order valence-corrected chi connectivity index (χ0v) is 20.1. The fourth-order valence-corrected chi connectivity index (χ4v) is 2.62. The Balaban J connectivity index is 4.95. The lowest BCUT2D eigenvalue weighted by Crippen LogP contribution is -2.58. The van der Waals surface area contributed by atoms with Crippen molar-refractivity contribution < 1.29 is 33.9 Å². The van der Waals surface area contributed by atoms with Crippen molar-refractivity contribution in [2.45, 2.75) is 71.2 Å². The van der Waals surface area contributed by atoms with E-state index in [0.29, 0.717) is 6.42 Å². The number of carbonyl (C=O) groups is 6. The number of amides is 6. The summed E-state index contributed by atoms with van der Waals surface area (Å²) in [4.78, 5) is 72.0. The standard InChI is InChI=1S/C20H37N7O7/c1-9(2)6-13(26-15(29)7-21)19(33)25-11(4)17(31)24-12(5)18(32)27-14(8-28)20(34)23-10(3)16(22)30/h9-14,28H,6-8,21H2,1-5H3,(H2,22,30)(H,23,34)(H,24,31)(H,25,33)(H,26,29)(H,27,32). The molecule has 14 nitrogen and oxygen atoms in total. The van der Waals surface area contributed by atoms with E-state index in [1.807, 2.05) is 13.8 Å². The van der Waals surface area contributed by atoms with Crippen molar-refractivity contribution in [3.05, 3.63) is 0 Å². The molecule has 0 bridgehead atoms. The molecule has 0 aromatic carbocycles. The Morgan fingerprint density at radius 2 is 1.12 bits per heavy atom. The normalized spacial score (nSPS) is 15.2. The van der Waals surface area contributed by atoms with Gasteiger partial charge in [0.1, 0.15) is 30.2 Å². The molecule has 14 heteroatoms. The molecule has 0 aliphatic heterocycles. The zero-order valence-electron chi connectivity index (χ0n) is 20.1. The lowest BCUT2D eigenvalue weighted by Gasteiger charge is -2.24. The highest BCUT2D eigenvalue weighted by molar-refractivity contribution is 5.96. The van der Waals surface area contributed by atoms with Crippen molar-refractivity contribution in [3.63, 3.8) is 0 Å². The maximum Gasteiger partial charge on any atom is 0.245 e. The summed E-state index contributed by atoms with van der Waals surface area (Å²) in [5, 5.41) is 21.2. The first-order valence-electron chi connectivity index (χ1n) is 10.8. The number of nitrogens with one attached hydrogen (secondary N) is 5. The molecular formula is C20H37N7O7. The van der Waals surface area contributed by atoms with E-state index in [4.69, 9.17) is 11.5 Å². The average molecular weight is 488 g/mol. The molecule has 0 spiro atoms. The van der Waals surface area contributed by atoms with Crippen molar-refractivity contribution in [2.75, 3.05) is 13.2 Å². The number of carbonyl (C=O) groups excluding carboxylic acids is 6. The van der Waals surface area contributed by atoms with Crippen LogP contribution in [0.2, 0.25) is 0 Å². The first-order valence-corrected chi connectivity index (χ1v) is 10.8. The molecule has 0 aromatic rings. The SMILES string of the molecule is CC(C)CC(NC(=O)CN)C(=O)NC(C)C(=O)NC(C)C(=O)NC(CO)C(=O)NC(C)C(N)=O. The van der Waals surface area contributed by atoms with Crippen LogP contribution in [0.3, 0.4) is 0 Å². The summed E-state index contributed by atoms with van der Waals surface area (Å²) in [6.45, 7) is 6.73. The summed E-state index contributed by atoms with van der Waals surface area (Å²) in [6.07, 6.45) is 0.323. The highest BCUT2D eigenvalue weighted by Crippen LogP contribution is 2.05. The van der Waals surface area contributed by atoms with E-state index >= 15 is 0 Å². The fourth-order valence-electron chi connectivity index (χ4n) is 2.62. The molecule has 0 aliphatic carbocycles. The Bertz CT molecular complexity index is 760. The van der Waals surface area contributed by atoms with Gasteiger partial charge in [0, 0.05) is 0 Å². The Morgan fingerprint density at radius 3 is 1.56 bits per heavy atom. The molecule has 5 unspecified atom stereocenters. The molecular weight excluding hydrogens is 450 g/mol. The average Bonchev–Trinajstić information content (AvgIpc) is 2.75. The van der Waals surface area contributed by atoms with E-state index in [1.165, 1.54) is 20.8 Å². The van der Waals surface area contributed by atoms with Gasteiger partial charge in [-0.15, -0.1) is 0 Å². The first-order chi connectivity index (χ1) is 15.7. The summed E-state index contributed by atoms with van der Waals surface area (Å²) >= 11 is 0.